The maximum atomic E-state index is 10.2. The van der Waals surface area contributed by atoms with Crippen molar-refractivity contribution in [2.45, 2.75) is 25.8 Å². The van der Waals surface area contributed by atoms with Crippen LogP contribution in [-0.2, 0) is 11.1 Å². The highest BCUT2D eigenvalue weighted by Crippen LogP contribution is 2.23. The molecule has 0 heterocycles. The van der Waals surface area contributed by atoms with E-state index in [2.05, 4.69) is 0 Å². The summed E-state index contributed by atoms with van der Waals surface area (Å²) < 4.78 is 21.3. The first-order valence-corrected chi connectivity index (χ1v) is 4.96. The minimum Gasteiger partial charge on any atom is -0.772 e. The molecular weight excluding hydrogens is 209 g/mol. The van der Waals surface area contributed by atoms with E-state index in [9.17, 15) is 8.76 Å². The van der Waals surface area contributed by atoms with Crippen molar-refractivity contribution in [2.24, 2.45) is 0 Å². The predicted octanol–water partition coefficient (Wildman–Crippen LogP) is 1.64. The molecule has 0 rings (SSSR count). The molecule has 11 heavy (non-hydrogen) atoms. The molecule has 0 aromatic rings. The first kappa shape index (κ1) is 11.6. The van der Waals surface area contributed by atoms with Crippen molar-refractivity contribution in [2.75, 3.05) is 5.75 Å². The summed E-state index contributed by atoms with van der Waals surface area (Å²) in [4.78, 5) is 0. The summed E-state index contributed by atoms with van der Waals surface area (Å²) in [5.41, 5.74) is -0.497. The lowest BCUT2D eigenvalue weighted by Crippen LogP contribution is -2.32. The first-order valence-electron chi connectivity index (χ1n) is 3.04. The third-order valence-corrected chi connectivity index (χ3v) is 2.79. The summed E-state index contributed by atoms with van der Waals surface area (Å²) in [6.07, 6.45) is 0.413. The van der Waals surface area contributed by atoms with Crippen molar-refractivity contribution in [1.82, 2.24) is 3.94 Å². The van der Waals surface area contributed by atoms with E-state index >= 15 is 0 Å². The molecule has 0 amide bonds. The zero-order valence-corrected chi connectivity index (χ0v) is 8.67. The van der Waals surface area contributed by atoms with Crippen LogP contribution < -0.4 is 0 Å². The predicted molar refractivity (Wildman–Crippen MR) is 46.0 cm³/mol. The van der Waals surface area contributed by atoms with E-state index < -0.39 is 16.6 Å². The van der Waals surface area contributed by atoms with E-state index in [4.69, 9.17) is 23.6 Å². The van der Waals surface area contributed by atoms with Crippen LogP contribution in [0.25, 0.3) is 0 Å². The molecule has 0 N–H and O–H groups in total. The Labute approximate surface area is 79.2 Å². The van der Waals surface area contributed by atoms with Crippen LogP contribution in [0.15, 0.2) is 0 Å². The summed E-state index contributed by atoms with van der Waals surface area (Å²) >= 11 is 8.88. The quantitative estimate of drug-likeness (QED) is 0.533. The number of nitrogens with zero attached hydrogens (tertiary/aromatic N) is 1. The Balaban J connectivity index is 3.82. The molecule has 0 aliphatic carbocycles. The van der Waals surface area contributed by atoms with Gasteiger partial charge in [-0.2, -0.15) is 0 Å². The molecule has 0 saturated carbocycles. The lowest BCUT2D eigenvalue weighted by atomic mass is 10.0. The molecule has 0 fully saturated rings. The van der Waals surface area contributed by atoms with E-state index in [1.54, 1.807) is 13.8 Å². The van der Waals surface area contributed by atoms with Crippen molar-refractivity contribution in [1.29, 1.82) is 0 Å². The summed E-state index contributed by atoms with van der Waals surface area (Å²) in [5.74, 6) is 0.0724. The average molecular weight is 219 g/mol. The fraction of sp³-hybridized carbons (Fsp3) is 1.00. The largest absolute Gasteiger partial charge is 0.772 e. The van der Waals surface area contributed by atoms with Gasteiger partial charge in [-0.3, -0.25) is 4.21 Å². The Hall–Kier alpha value is 0.650. The second-order valence-corrected chi connectivity index (χ2v) is 4.67. The fourth-order valence-corrected chi connectivity index (χ4v) is 1.25. The highest BCUT2D eigenvalue weighted by atomic mass is 35.5. The minimum atomic E-state index is -2.02. The monoisotopic (exact) mass is 218 g/mol. The summed E-state index contributed by atoms with van der Waals surface area (Å²) in [5, 5.41) is 0. The maximum Gasteiger partial charge on any atom is 0.0478 e. The smallest absolute Gasteiger partial charge is 0.0478 e. The molecule has 0 aliphatic rings. The first-order chi connectivity index (χ1) is 4.86. The van der Waals surface area contributed by atoms with Gasteiger partial charge in [-0.25, -0.2) is 0 Å². The van der Waals surface area contributed by atoms with Gasteiger partial charge in [0, 0.05) is 11.3 Å². The lowest BCUT2D eigenvalue weighted by molar-refractivity contribution is 0.340. The molecule has 0 saturated heterocycles. The molecule has 1 atom stereocenters. The van der Waals surface area contributed by atoms with E-state index in [0.29, 0.717) is 6.42 Å². The molecule has 6 heteroatoms. The summed E-state index contributed by atoms with van der Waals surface area (Å²) in [6, 6.07) is 0. The van der Waals surface area contributed by atoms with Crippen molar-refractivity contribution >= 4 is 34.6 Å². The Kier molecular flexibility index (Phi) is 4.89. The van der Waals surface area contributed by atoms with Crippen LogP contribution in [0, 0.1) is 0 Å². The van der Waals surface area contributed by atoms with Gasteiger partial charge in [0.15, 0.2) is 0 Å². The minimum absolute atomic E-state index is 0.0724. The molecule has 0 aromatic heterocycles. The third-order valence-electron chi connectivity index (χ3n) is 1.34. The van der Waals surface area contributed by atoms with Gasteiger partial charge in [0.2, 0.25) is 0 Å². The molecule has 0 spiro atoms. The highest BCUT2D eigenvalue weighted by molar-refractivity contribution is 7.79. The van der Waals surface area contributed by atoms with Gasteiger partial charge >= 0.3 is 0 Å². The van der Waals surface area contributed by atoms with Gasteiger partial charge in [0.05, 0.1) is 0 Å². The Morgan fingerprint density at radius 3 is 2.27 bits per heavy atom. The SMILES string of the molecule is CC(C)(CCS(=O)[O-])N(Cl)Cl. The van der Waals surface area contributed by atoms with Crippen molar-refractivity contribution in [3.05, 3.63) is 0 Å². The van der Waals surface area contributed by atoms with Crippen LogP contribution in [0.2, 0.25) is 0 Å². The molecule has 0 aromatic carbocycles. The topological polar surface area (TPSA) is 43.4 Å². The summed E-state index contributed by atoms with van der Waals surface area (Å²) in [7, 11) is 0. The standard InChI is InChI=1S/C5H11Cl2NO2S/c1-5(2,8(6)7)3-4-11(9)10/h3-4H2,1-2H3,(H,9,10)/p-1. The van der Waals surface area contributed by atoms with Crippen LogP contribution in [0.5, 0.6) is 0 Å². The average Bonchev–Trinajstić information content (AvgIpc) is 1.84. The Bertz CT molecular complexity index is 151. The zero-order chi connectivity index (χ0) is 9.07. The Morgan fingerprint density at radius 2 is 2.00 bits per heavy atom. The maximum absolute atomic E-state index is 10.2. The molecule has 68 valence electrons. The van der Waals surface area contributed by atoms with Crippen molar-refractivity contribution < 1.29 is 8.76 Å². The third kappa shape index (κ3) is 4.98. The van der Waals surface area contributed by atoms with E-state index in [1.165, 1.54) is 0 Å². The molecular formula is C5H10Cl2NO2S-. The lowest BCUT2D eigenvalue weighted by Gasteiger charge is -2.27. The highest BCUT2D eigenvalue weighted by Gasteiger charge is 2.23. The molecule has 1 unspecified atom stereocenters. The van der Waals surface area contributed by atoms with Gasteiger partial charge in [-0.05, 0) is 43.8 Å². The second kappa shape index (κ2) is 4.62. The van der Waals surface area contributed by atoms with Gasteiger partial charge in [-0.15, -0.1) is 3.94 Å². The molecule has 0 aliphatic heterocycles. The number of hydrogen-bond acceptors (Lipinski definition) is 3. The van der Waals surface area contributed by atoms with Crippen LogP contribution in [0.1, 0.15) is 20.3 Å². The molecule has 0 radical (unpaired) electrons. The van der Waals surface area contributed by atoms with Crippen LogP contribution in [-0.4, -0.2) is 24.0 Å². The second-order valence-electron chi connectivity index (χ2n) is 2.80. The number of hydrogen-bond donors (Lipinski definition) is 0. The fourth-order valence-electron chi connectivity index (χ4n) is 0.418. The van der Waals surface area contributed by atoms with Crippen LogP contribution in [0.4, 0.5) is 0 Å². The zero-order valence-electron chi connectivity index (χ0n) is 6.34. The number of rotatable bonds is 4. The molecule has 3 nitrogen and oxygen atoms in total. The van der Waals surface area contributed by atoms with E-state index in [0.717, 1.165) is 3.94 Å². The van der Waals surface area contributed by atoms with Gasteiger partial charge in [-0.1, -0.05) is 11.1 Å². The summed E-state index contributed by atoms with van der Waals surface area (Å²) in [6.45, 7) is 3.53. The van der Waals surface area contributed by atoms with Gasteiger partial charge < -0.3 is 4.55 Å². The van der Waals surface area contributed by atoms with E-state index in [1.807, 2.05) is 0 Å². The van der Waals surface area contributed by atoms with Gasteiger partial charge in [0.25, 0.3) is 0 Å². The molecule has 0 bridgehead atoms. The van der Waals surface area contributed by atoms with Crippen molar-refractivity contribution in [3.63, 3.8) is 0 Å². The van der Waals surface area contributed by atoms with Gasteiger partial charge in [0.1, 0.15) is 0 Å². The van der Waals surface area contributed by atoms with Crippen LogP contribution >= 0.6 is 23.6 Å². The van der Waals surface area contributed by atoms with E-state index in [-0.39, 0.29) is 5.75 Å². The Morgan fingerprint density at radius 1 is 1.55 bits per heavy atom. The number of halogens is 2. The normalized spacial score (nSPS) is 15.5. The van der Waals surface area contributed by atoms with Crippen molar-refractivity contribution in [3.8, 4) is 0 Å². The van der Waals surface area contributed by atoms with Crippen LogP contribution in [0.3, 0.4) is 0 Å².